The summed E-state index contributed by atoms with van der Waals surface area (Å²) in [6.45, 7) is 1.87. The Hall–Kier alpha value is -2.05. The van der Waals surface area contributed by atoms with E-state index >= 15 is 0 Å². The fraction of sp³-hybridized carbons (Fsp3) is 0.133. The van der Waals surface area contributed by atoms with Gasteiger partial charge in [0.2, 0.25) is 5.91 Å². The van der Waals surface area contributed by atoms with E-state index in [9.17, 15) is 14.7 Å². The van der Waals surface area contributed by atoms with Crippen LogP contribution in [-0.4, -0.2) is 22.6 Å². The van der Waals surface area contributed by atoms with Crippen molar-refractivity contribution in [3.63, 3.8) is 0 Å². The molecule has 1 aromatic heterocycles. The largest absolute Gasteiger partial charge is 0.545 e. The summed E-state index contributed by atoms with van der Waals surface area (Å²) >= 11 is 7.02. The van der Waals surface area contributed by atoms with Crippen LogP contribution in [-0.2, 0) is 4.79 Å². The van der Waals surface area contributed by atoms with Crippen LogP contribution in [0.1, 0.15) is 15.9 Å². The summed E-state index contributed by atoms with van der Waals surface area (Å²) in [5.74, 6) is -1.57. The molecule has 1 amide bonds. The second-order valence-electron chi connectivity index (χ2n) is 4.44. The van der Waals surface area contributed by atoms with E-state index in [4.69, 9.17) is 11.6 Å². The molecule has 0 aliphatic heterocycles. The number of aromatic carboxylic acids is 1. The van der Waals surface area contributed by atoms with Crippen molar-refractivity contribution in [1.82, 2.24) is 4.98 Å². The number of pyridine rings is 1. The Bertz CT molecular complexity index is 722. The van der Waals surface area contributed by atoms with E-state index in [1.165, 1.54) is 18.3 Å². The predicted molar refractivity (Wildman–Crippen MR) is 84.1 cm³/mol. The minimum atomic E-state index is -1.32. The molecule has 1 heterocycles. The molecule has 0 bridgehead atoms. The van der Waals surface area contributed by atoms with Gasteiger partial charge in [0.05, 0.1) is 11.7 Å². The highest BCUT2D eigenvalue weighted by molar-refractivity contribution is 8.00. The monoisotopic (exact) mass is 335 g/mol. The molecular formula is C15H12ClN2O3S-. The number of hydrogen-bond donors (Lipinski definition) is 1. The first-order valence-corrected chi connectivity index (χ1v) is 7.69. The lowest BCUT2D eigenvalue weighted by atomic mass is 10.2. The molecule has 2 rings (SSSR count). The average molecular weight is 336 g/mol. The van der Waals surface area contributed by atoms with Gasteiger partial charge in [-0.15, -0.1) is 0 Å². The second-order valence-corrected chi connectivity index (χ2v) is 5.82. The van der Waals surface area contributed by atoms with Gasteiger partial charge in [0.1, 0.15) is 5.03 Å². The zero-order chi connectivity index (χ0) is 16.1. The number of anilines is 1. The number of aromatic nitrogens is 1. The van der Waals surface area contributed by atoms with Crippen LogP contribution in [0.3, 0.4) is 0 Å². The zero-order valence-corrected chi connectivity index (χ0v) is 13.2. The third-order valence-electron chi connectivity index (χ3n) is 2.79. The number of benzene rings is 1. The molecule has 0 aliphatic rings. The number of carboxylic acid groups (broad SMARTS) is 1. The standard InChI is InChI=1S/C15H13ClN2O3S/c1-9-4-5-10(7-12(9)16)18-13(19)8-22-14-11(15(20)21)3-2-6-17-14/h2-7H,8H2,1H3,(H,18,19)(H,20,21)/p-1. The van der Waals surface area contributed by atoms with Gasteiger partial charge in [-0.1, -0.05) is 29.4 Å². The summed E-state index contributed by atoms with van der Waals surface area (Å²) in [5, 5.41) is 14.5. The lowest BCUT2D eigenvalue weighted by Gasteiger charge is -2.09. The van der Waals surface area contributed by atoms with Crippen molar-refractivity contribution in [2.24, 2.45) is 0 Å². The molecule has 22 heavy (non-hydrogen) atoms. The van der Waals surface area contributed by atoms with E-state index in [1.54, 1.807) is 18.2 Å². The van der Waals surface area contributed by atoms with Gasteiger partial charge in [-0.25, -0.2) is 4.98 Å². The van der Waals surface area contributed by atoms with Gasteiger partial charge in [-0.2, -0.15) is 0 Å². The SMILES string of the molecule is Cc1ccc(NC(=O)CSc2ncccc2C(=O)[O-])cc1Cl. The van der Waals surface area contributed by atoms with Crippen LogP contribution in [0.25, 0.3) is 0 Å². The number of amides is 1. The fourth-order valence-corrected chi connectivity index (χ4v) is 2.63. The second kappa shape index (κ2) is 7.29. The summed E-state index contributed by atoms with van der Waals surface area (Å²) in [6.07, 6.45) is 1.46. The van der Waals surface area contributed by atoms with Crippen LogP contribution >= 0.6 is 23.4 Å². The number of thioether (sulfide) groups is 1. The van der Waals surface area contributed by atoms with Gasteiger partial charge < -0.3 is 15.2 Å². The van der Waals surface area contributed by atoms with Gasteiger partial charge in [0.15, 0.2) is 0 Å². The van der Waals surface area contributed by atoms with E-state index < -0.39 is 5.97 Å². The zero-order valence-electron chi connectivity index (χ0n) is 11.6. The minimum absolute atomic E-state index is 0.0290. The lowest BCUT2D eigenvalue weighted by Crippen LogP contribution is -2.23. The maximum Gasteiger partial charge on any atom is 0.234 e. The summed E-state index contributed by atoms with van der Waals surface area (Å²) in [5.41, 5.74) is 1.47. The summed E-state index contributed by atoms with van der Waals surface area (Å²) in [4.78, 5) is 26.8. The van der Waals surface area contributed by atoms with Crippen LogP contribution < -0.4 is 10.4 Å². The predicted octanol–water partition coefficient (Wildman–Crippen LogP) is 2.14. The van der Waals surface area contributed by atoms with Crippen molar-refractivity contribution in [3.8, 4) is 0 Å². The first-order valence-electron chi connectivity index (χ1n) is 6.32. The molecule has 1 N–H and O–H groups in total. The molecular weight excluding hydrogens is 324 g/mol. The van der Waals surface area contributed by atoms with Crippen LogP contribution in [0.5, 0.6) is 0 Å². The van der Waals surface area contributed by atoms with Crippen molar-refractivity contribution >= 4 is 40.9 Å². The normalized spacial score (nSPS) is 10.3. The maximum absolute atomic E-state index is 11.9. The Morgan fingerprint density at radius 3 is 2.82 bits per heavy atom. The third-order valence-corrected chi connectivity index (χ3v) is 4.20. The molecule has 114 valence electrons. The minimum Gasteiger partial charge on any atom is -0.545 e. The first kappa shape index (κ1) is 16.3. The Kier molecular flexibility index (Phi) is 5.41. The van der Waals surface area contributed by atoms with Crippen LogP contribution in [0.2, 0.25) is 5.02 Å². The Morgan fingerprint density at radius 1 is 1.36 bits per heavy atom. The number of nitrogens with zero attached hydrogens (tertiary/aromatic N) is 1. The first-order chi connectivity index (χ1) is 10.5. The number of aryl methyl sites for hydroxylation is 1. The molecule has 1 aromatic carbocycles. The summed E-state index contributed by atoms with van der Waals surface area (Å²) < 4.78 is 0. The van der Waals surface area contributed by atoms with Crippen molar-refractivity contribution < 1.29 is 14.7 Å². The molecule has 0 aliphatic carbocycles. The van der Waals surface area contributed by atoms with Crippen LogP contribution in [0.15, 0.2) is 41.6 Å². The molecule has 7 heteroatoms. The van der Waals surface area contributed by atoms with E-state index in [0.717, 1.165) is 17.3 Å². The molecule has 2 aromatic rings. The highest BCUT2D eigenvalue weighted by Crippen LogP contribution is 2.22. The van der Waals surface area contributed by atoms with Gasteiger partial charge in [-0.3, -0.25) is 4.79 Å². The molecule has 0 unspecified atom stereocenters. The van der Waals surface area contributed by atoms with Crippen molar-refractivity contribution in [1.29, 1.82) is 0 Å². The summed E-state index contributed by atoms with van der Waals surface area (Å²) in [7, 11) is 0. The van der Waals surface area contributed by atoms with Crippen molar-refractivity contribution in [2.45, 2.75) is 11.9 Å². The molecule has 0 saturated carbocycles. The summed E-state index contributed by atoms with van der Waals surface area (Å²) in [6, 6.07) is 8.11. The van der Waals surface area contributed by atoms with Crippen LogP contribution in [0.4, 0.5) is 5.69 Å². The quantitative estimate of drug-likeness (QED) is 0.846. The van der Waals surface area contributed by atoms with Gasteiger partial charge in [0, 0.05) is 22.5 Å². The van der Waals surface area contributed by atoms with Gasteiger partial charge >= 0.3 is 0 Å². The number of rotatable bonds is 5. The van der Waals surface area contributed by atoms with E-state index in [-0.39, 0.29) is 22.2 Å². The number of halogens is 1. The molecule has 0 spiro atoms. The lowest BCUT2D eigenvalue weighted by molar-refractivity contribution is -0.255. The Balaban J connectivity index is 1.98. The van der Waals surface area contributed by atoms with E-state index in [0.29, 0.717) is 10.7 Å². The van der Waals surface area contributed by atoms with E-state index in [1.807, 2.05) is 6.92 Å². The Labute approximate surface area is 136 Å². The molecule has 0 fully saturated rings. The van der Waals surface area contributed by atoms with Gasteiger partial charge in [-0.05, 0) is 36.8 Å². The van der Waals surface area contributed by atoms with Crippen molar-refractivity contribution in [3.05, 3.63) is 52.7 Å². The molecule has 0 atom stereocenters. The van der Waals surface area contributed by atoms with Crippen LogP contribution in [0, 0.1) is 6.92 Å². The van der Waals surface area contributed by atoms with Crippen molar-refractivity contribution in [2.75, 3.05) is 11.1 Å². The highest BCUT2D eigenvalue weighted by atomic mass is 35.5. The Morgan fingerprint density at radius 2 is 2.14 bits per heavy atom. The van der Waals surface area contributed by atoms with E-state index in [2.05, 4.69) is 10.3 Å². The molecule has 0 radical (unpaired) electrons. The number of carboxylic acids is 1. The number of hydrogen-bond acceptors (Lipinski definition) is 5. The van der Waals surface area contributed by atoms with Gasteiger partial charge in [0.25, 0.3) is 0 Å². The average Bonchev–Trinajstić information content (AvgIpc) is 2.49. The molecule has 5 nitrogen and oxygen atoms in total. The molecule has 0 saturated heterocycles. The number of carbonyl (C=O) groups excluding carboxylic acids is 2. The maximum atomic E-state index is 11.9. The fourth-order valence-electron chi connectivity index (χ4n) is 1.66. The number of carbonyl (C=O) groups is 2. The number of nitrogens with one attached hydrogen (secondary N) is 1. The topological polar surface area (TPSA) is 82.1 Å². The highest BCUT2D eigenvalue weighted by Gasteiger charge is 2.09. The smallest absolute Gasteiger partial charge is 0.234 e. The third kappa shape index (κ3) is 4.22.